The second-order valence-corrected chi connectivity index (χ2v) is 28.7. The average molecular weight is 1620 g/mol. The van der Waals surface area contributed by atoms with Crippen molar-refractivity contribution >= 4 is 200 Å². The van der Waals surface area contributed by atoms with Crippen LogP contribution in [0.1, 0.15) is 12.8 Å². The van der Waals surface area contributed by atoms with Gasteiger partial charge >= 0.3 is 40.2 Å². The molecule has 105 heavy (non-hydrogen) atoms. The molecule has 0 atom stereocenters. The number of anilines is 8. The Bertz CT molecular complexity index is 6090. The number of nitrogens with two attached hydrogens (primary N) is 2. The first-order valence-corrected chi connectivity index (χ1v) is 40.2. The number of halogens is 2. The molecule has 0 amide bonds. The van der Waals surface area contributed by atoms with Gasteiger partial charge in [0.25, 0.3) is 0 Å². The number of nitrogen functional groups attached to an aromatic ring is 2. The summed E-state index contributed by atoms with van der Waals surface area (Å²) in [6, 6.07) is 119. The summed E-state index contributed by atoms with van der Waals surface area (Å²) < 4.78 is 11.2. The van der Waals surface area contributed by atoms with Gasteiger partial charge in [-0.1, -0.05) is 234 Å². The second kappa shape index (κ2) is 32.5. The molecule has 2 aromatic heterocycles. The van der Waals surface area contributed by atoms with E-state index in [1.54, 1.807) is 32.5 Å². The van der Waals surface area contributed by atoms with Crippen molar-refractivity contribution in [3.8, 4) is 33.4 Å². The van der Waals surface area contributed by atoms with Crippen molar-refractivity contribution in [1.29, 1.82) is 0 Å². The van der Waals surface area contributed by atoms with Crippen LogP contribution in [0.4, 0.5) is 45.5 Å². The Morgan fingerprint density at radius 3 is 1.24 bits per heavy atom. The van der Waals surface area contributed by atoms with E-state index < -0.39 is 7.12 Å². The summed E-state index contributed by atoms with van der Waals surface area (Å²) in [7, 11) is -1.38. The van der Waals surface area contributed by atoms with Gasteiger partial charge in [0.2, 0.25) is 0 Å². The SMILES string of the molecule is C1CCOC1.Nc1ccc(-c2ccc(N(c3ccccc3)c3ccc4sc5ccccc5c4c3)cc2)c2cccc(-c3ccc4ccccc4c3)c12.Nc1ccc(-c2ccc(N(c3ccccc3)c3ccc4sc5ccccc5c4c3)cc2)c2cccc(Br)c12.OB(O)c1ccc2ccccc2c1.[Cu][I]. The van der Waals surface area contributed by atoms with E-state index in [1.807, 2.05) is 71.2 Å². The maximum atomic E-state index is 8.94. The summed E-state index contributed by atoms with van der Waals surface area (Å²) in [4.78, 5) is 4.67. The molecule has 1 fully saturated rings. The first-order valence-electron chi connectivity index (χ1n) is 34.7. The van der Waals surface area contributed by atoms with Gasteiger partial charge in [-0.25, -0.2) is 0 Å². The molecule has 3 heterocycles. The average Bonchev–Trinajstić information content (AvgIpc) is 1.76. The van der Waals surface area contributed by atoms with Crippen molar-refractivity contribution in [1.82, 2.24) is 0 Å². The molecule has 0 radical (unpaired) electrons. The number of ether oxygens (including phenoxy) is 1. The molecular formula is C92H70BBrCuIN4O3S2. The Balaban J connectivity index is 0.000000135. The van der Waals surface area contributed by atoms with E-state index in [0.717, 1.165) is 112 Å². The van der Waals surface area contributed by atoms with E-state index in [4.69, 9.17) is 26.3 Å². The summed E-state index contributed by atoms with van der Waals surface area (Å²) in [6.45, 7) is 2.00. The van der Waals surface area contributed by atoms with E-state index in [9.17, 15) is 0 Å². The molecule has 516 valence electrons. The van der Waals surface area contributed by atoms with Crippen LogP contribution in [0.15, 0.2) is 344 Å². The van der Waals surface area contributed by atoms with Crippen LogP contribution in [0, 0.1) is 0 Å². The fraction of sp³-hybridized carbons (Fsp3) is 0.0435. The number of benzene rings is 16. The van der Waals surface area contributed by atoms with Crippen molar-refractivity contribution in [3.05, 3.63) is 344 Å². The van der Waals surface area contributed by atoms with Crippen LogP contribution >= 0.6 is 58.9 Å². The summed E-state index contributed by atoms with van der Waals surface area (Å²) in [5, 5.41) is 32.1. The normalized spacial score (nSPS) is 11.8. The third-order valence-corrected chi connectivity index (χ3v) is 22.2. The van der Waals surface area contributed by atoms with E-state index in [1.165, 1.54) is 80.6 Å². The predicted molar refractivity (Wildman–Crippen MR) is 461 cm³/mol. The van der Waals surface area contributed by atoms with Gasteiger partial charge in [-0.15, -0.1) is 22.7 Å². The quantitative estimate of drug-likeness (QED) is 0.0614. The molecule has 0 saturated carbocycles. The van der Waals surface area contributed by atoms with Gasteiger partial charge < -0.3 is 36.1 Å². The van der Waals surface area contributed by atoms with Crippen molar-refractivity contribution in [2.75, 3.05) is 34.5 Å². The van der Waals surface area contributed by atoms with Gasteiger partial charge in [-0.05, 0) is 205 Å². The van der Waals surface area contributed by atoms with Crippen LogP contribution in [0.5, 0.6) is 0 Å². The Hall–Kier alpha value is -10.1. The molecular weight excluding hydrogens is 1550 g/mol. The number of fused-ring (bicyclic) bond motifs is 10. The number of rotatable bonds is 10. The molecule has 0 bridgehead atoms. The maximum absolute atomic E-state index is 8.94. The summed E-state index contributed by atoms with van der Waals surface area (Å²) >= 11 is 13.2. The van der Waals surface area contributed by atoms with Crippen LogP contribution in [-0.4, -0.2) is 30.4 Å². The van der Waals surface area contributed by atoms with E-state index in [0.29, 0.717) is 5.46 Å². The molecule has 18 aromatic rings. The fourth-order valence-corrected chi connectivity index (χ4v) is 16.9. The van der Waals surface area contributed by atoms with Crippen molar-refractivity contribution in [3.63, 3.8) is 0 Å². The molecule has 6 N–H and O–H groups in total. The summed E-state index contributed by atoms with van der Waals surface area (Å²) in [5.74, 6) is 0. The van der Waals surface area contributed by atoms with Gasteiger partial charge in [0.05, 0.1) is 0 Å². The third kappa shape index (κ3) is 15.1. The van der Waals surface area contributed by atoms with Gasteiger partial charge in [0, 0.05) is 114 Å². The molecule has 16 aromatic carbocycles. The third-order valence-electron chi connectivity index (χ3n) is 19.2. The Kier molecular flexibility index (Phi) is 21.8. The number of thiophene rings is 2. The molecule has 13 heteroatoms. The molecule has 19 rings (SSSR count). The summed E-state index contributed by atoms with van der Waals surface area (Å²) in [6.07, 6.45) is 2.56. The molecule has 0 aliphatic carbocycles. The number of hydrogen-bond donors (Lipinski definition) is 4. The molecule has 1 aliphatic rings. The van der Waals surface area contributed by atoms with E-state index in [2.05, 4.69) is 318 Å². The van der Waals surface area contributed by atoms with Gasteiger partial charge in [0.15, 0.2) is 0 Å². The topological polar surface area (TPSA) is 108 Å². The predicted octanol–water partition coefficient (Wildman–Crippen LogP) is 25.6. The first kappa shape index (κ1) is 70.5. The van der Waals surface area contributed by atoms with Crippen LogP contribution in [0.2, 0.25) is 0 Å². The number of nitrogens with zero attached hydrogens (tertiary/aromatic N) is 2. The zero-order valence-electron chi connectivity index (χ0n) is 57.0. The van der Waals surface area contributed by atoms with E-state index in [-0.39, 0.29) is 0 Å². The Morgan fingerprint density at radius 2 is 0.733 bits per heavy atom. The second-order valence-electron chi connectivity index (χ2n) is 25.6. The first-order chi connectivity index (χ1) is 51.6. The monoisotopic (exact) mass is 1620 g/mol. The molecule has 0 spiro atoms. The number of hydrogen-bond acceptors (Lipinski definition) is 9. The van der Waals surface area contributed by atoms with Crippen molar-refractivity contribution < 1.29 is 27.5 Å². The van der Waals surface area contributed by atoms with Gasteiger partial charge in [-0.3, -0.25) is 0 Å². The van der Waals surface area contributed by atoms with Crippen LogP contribution in [0.25, 0.3) is 117 Å². The van der Waals surface area contributed by atoms with Crippen LogP contribution in [0.3, 0.4) is 0 Å². The minimum atomic E-state index is -1.38. The standard InChI is InChI=1S/C44H30N2S.C34H23BrN2S.C10H9BO2.C4H8O.Cu.HI/c45-41-25-24-36(39-15-8-14-37(44(39)41)32-18-17-29-9-4-5-10-31(29)27-32)30-19-21-34(22-20-30)46(33-11-2-1-3-12-33)35-23-26-43-40(28-35)38-13-6-7-16-42(38)47-43;35-30-11-6-10-28-26(18-19-31(36)34(28)30)22-13-15-24(16-14-22)37(23-7-2-1-3-8-23)25-17-20-33-29(21-25)27-9-4-5-12-32(27)38-33;12-11(13)10-6-5-8-3-1-2-4-9(8)7-10;1-2-4-5-3-1;;/h1-28H,45H2;1-21H,36H2;1-7,12-13H;1-4H2;;1H/q;;;;+1;/p-1. The number of para-hydroxylation sites is 2. The van der Waals surface area contributed by atoms with E-state index >= 15 is 0 Å². The molecule has 1 aliphatic heterocycles. The fourth-order valence-electron chi connectivity index (χ4n) is 14.1. The zero-order chi connectivity index (χ0) is 71.8. The molecule has 7 nitrogen and oxygen atoms in total. The Labute approximate surface area is 647 Å². The molecule has 0 unspecified atom stereocenters. The van der Waals surface area contributed by atoms with Gasteiger partial charge in [0.1, 0.15) is 0 Å². The van der Waals surface area contributed by atoms with Crippen molar-refractivity contribution in [2.45, 2.75) is 12.8 Å². The van der Waals surface area contributed by atoms with Crippen LogP contribution < -0.4 is 26.7 Å². The zero-order valence-corrected chi connectivity index (χ0v) is 63.3. The van der Waals surface area contributed by atoms with Crippen LogP contribution in [-0.2, 0) is 17.5 Å². The molecule has 1 saturated heterocycles. The van der Waals surface area contributed by atoms with Gasteiger partial charge in [-0.2, -0.15) is 0 Å². The van der Waals surface area contributed by atoms with Crippen molar-refractivity contribution in [2.24, 2.45) is 0 Å². The summed E-state index contributed by atoms with van der Waals surface area (Å²) in [5.41, 5.74) is 28.8. The minimum absolute atomic E-state index is 0.527. The Morgan fingerprint density at radius 1 is 0.333 bits per heavy atom.